The number of aryl methyl sites for hydroxylation is 2. The Morgan fingerprint density at radius 3 is 2.50 bits per heavy atom. The van der Waals surface area contributed by atoms with Crippen molar-refractivity contribution < 1.29 is 5.11 Å². The summed E-state index contributed by atoms with van der Waals surface area (Å²) in [5.41, 5.74) is 5.58. The van der Waals surface area contributed by atoms with E-state index in [1.165, 1.54) is 0 Å². The van der Waals surface area contributed by atoms with Gasteiger partial charge in [-0.15, -0.1) is 10.2 Å². The van der Waals surface area contributed by atoms with Crippen LogP contribution >= 0.6 is 11.6 Å². The number of benzene rings is 2. The highest BCUT2D eigenvalue weighted by Gasteiger charge is 2.28. The molecule has 0 fully saturated rings. The van der Waals surface area contributed by atoms with Crippen LogP contribution in [0.25, 0.3) is 16.8 Å². The maximum absolute atomic E-state index is 10.1. The second-order valence-corrected chi connectivity index (χ2v) is 7.69. The second kappa shape index (κ2) is 7.19. The first kappa shape index (κ1) is 18.7. The summed E-state index contributed by atoms with van der Waals surface area (Å²) >= 11 is 6.11. The number of rotatable bonds is 3. The Morgan fingerprint density at radius 1 is 1.03 bits per heavy atom. The topological polar surface area (TPSA) is 81.1 Å². The molecule has 1 aliphatic rings. The van der Waals surface area contributed by atoms with Crippen LogP contribution in [0.2, 0.25) is 5.02 Å². The fourth-order valence-electron chi connectivity index (χ4n) is 3.81. The molecular weight excluding hydrogens is 400 g/mol. The molecule has 5 rings (SSSR count). The summed E-state index contributed by atoms with van der Waals surface area (Å²) in [6.07, 6.45) is 3.81. The smallest absolute Gasteiger partial charge is 0.164 e. The van der Waals surface area contributed by atoms with Crippen LogP contribution in [0, 0.1) is 6.92 Å². The number of aromatic nitrogens is 5. The zero-order chi connectivity index (χ0) is 20.8. The summed E-state index contributed by atoms with van der Waals surface area (Å²) < 4.78 is 3.74. The Kier molecular flexibility index (Phi) is 4.49. The first-order valence-electron chi connectivity index (χ1n) is 9.55. The molecule has 0 unspecified atom stereocenters. The maximum atomic E-state index is 10.1. The lowest BCUT2D eigenvalue weighted by molar-refractivity contribution is 0.263. The fraction of sp³-hybridized carbons (Fsp3) is 0.182. The molecule has 0 aliphatic carbocycles. The molecule has 30 heavy (non-hydrogen) atoms. The first-order chi connectivity index (χ1) is 14.5. The molecule has 0 bridgehead atoms. The molecule has 7 nitrogen and oxygen atoms in total. The van der Waals surface area contributed by atoms with E-state index in [4.69, 9.17) is 16.6 Å². The molecule has 1 N–H and O–H groups in total. The third-order valence-corrected chi connectivity index (χ3v) is 5.51. The molecule has 0 amide bonds. The number of hydrogen-bond donors (Lipinski definition) is 1. The quantitative estimate of drug-likeness (QED) is 0.552. The van der Waals surface area contributed by atoms with E-state index in [-0.39, 0.29) is 6.61 Å². The number of halogens is 1. The molecule has 2 aromatic carbocycles. The highest BCUT2D eigenvalue weighted by molar-refractivity contribution is 6.30. The van der Waals surface area contributed by atoms with E-state index in [9.17, 15) is 5.11 Å². The van der Waals surface area contributed by atoms with Crippen molar-refractivity contribution >= 4 is 17.3 Å². The molecule has 0 saturated carbocycles. The fourth-order valence-corrected chi connectivity index (χ4v) is 3.93. The SMILES string of the molecule is Cc1nnc2n1-c1ccc(-c3cnn(C)c3)cc1C(c1ccc(Cl)cc1)=N[C@H]2CO. The largest absolute Gasteiger partial charge is 0.394 e. The molecule has 1 atom stereocenters. The lowest BCUT2D eigenvalue weighted by Crippen LogP contribution is -2.09. The summed E-state index contributed by atoms with van der Waals surface area (Å²) in [4.78, 5) is 4.91. The Bertz CT molecular complexity index is 1270. The summed E-state index contributed by atoms with van der Waals surface area (Å²) in [5, 5.41) is 23.6. The molecule has 0 radical (unpaired) electrons. The van der Waals surface area contributed by atoms with Crippen molar-refractivity contribution in [3.8, 4) is 16.8 Å². The van der Waals surface area contributed by atoms with Gasteiger partial charge in [-0.05, 0) is 36.8 Å². The van der Waals surface area contributed by atoms with Crippen molar-refractivity contribution in [2.45, 2.75) is 13.0 Å². The second-order valence-electron chi connectivity index (χ2n) is 7.26. The average molecular weight is 419 g/mol. The molecule has 150 valence electrons. The third kappa shape index (κ3) is 3.03. The monoisotopic (exact) mass is 418 g/mol. The Morgan fingerprint density at radius 2 is 1.80 bits per heavy atom. The average Bonchev–Trinajstić information content (AvgIpc) is 3.32. The van der Waals surface area contributed by atoms with E-state index in [1.54, 1.807) is 4.68 Å². The van der Waals surface area contributed by atoms with Gasteiger partial charge < -0.3 is 5.11 Å². The van der Waals surface area contributed by atoms with Crippen molar-refractivity contribution in [1.29, 1.82) is 0 Å². The highest BCUT2D eigenvalue weighted by Crippen LogP contribution is 2.33. The number of fused-ring (bicyclic) bond motifs is 3. The Balaban J connectivity index is 1.79. The van der Waals surface area contributed by atoms with Crippen LogP contribution in [-0.2, 0) is 7.05 Å². The van der Waals surface area contributed by atoms with Crippen molar-refractivity contribution in [3.63, 3.8) is 0 Å². The summed E-state index contributed by atoms with van der Waals surface area (Å²) in [7, 11) is 1.90. The zero-order valence-corrected chi connectivity index (χ0v) is 17.2. The van der Waals surface area contributed by atoms with Gasteiger partial charge in [0.25, 0.3) is 0 Å². The van der Waals surface area contributed by atoms with Crippen LogP contribution in [-0.4, -0.2) is 42.0 Å². The number of nitrogens with zero attached hydrogens (tertiary/aromatic N) is 6. The van der Waals surface area contributed by atoms with E-state index in [2.05, 4.69) is 27.4 Å². The van der Waals surface area contributed by atoms with Gasteiger partial charge in [0.2, 0.25) is 0 Å². The van der Waals surface area contributed by atoms with E-state index in [0.29, 0.717) is 10.8 Å². The molecule has 2 aromatic heterocycles. The van der Waals surface area contributed by atoms with Crippen LogP contribution in [0.4, 0.5) is 0 Å². The minimum atomic E-state index is -0.522. The molecule has 0 spiro atoms. The van der Waals surface area contributed by atoms with Gasteiger partial charge in [-0.2, -0.15) is 5.10 Å². The van der Waals surface area contributed by atoms with E-state index < -0.39 is 6.04 Å². The Labute approximate surface area is 178 Å². The van der Waals surface area contributed by atoms with Gasteiger partial charge in [-0.25, -0.2) is 0 Å². The molecule has 1 aliphatic heterocycles. The minimum Gasteiger partial charge on any atom is -0.394 e. The normalized spacial score (nSPS) is 15.3. The van der Waals surface area contributed by atoms with Crippen LogP contribution in [0.3, 0.4) is 0 Å². The number of hydrogen-bond acceptors (Lipinski definition) is 5. The molecule has 4 aromatic rings. The first-order valence-corrected chi connectivity index (χ1v) is 9.93. The molecule has 0 saturated heterocycles. The van der Waals surface area contributed by atoms with Crippen molar-refractivity contribution in [2.24, 2.45) is 12.0 Å². The van der Waals surface area contributed by atoms with Gasteiger partial charge in [0, 0.05) is 35.0 Å². The molecular formula is C22H19ClN6O. The summed E-state index contributed by atoms with van der Waals surface area (Å²) in [5.74, 6) is 1.36. The Hall–Kier alpha value is -3.29. The van der Waals surface area contributed by atoms with Gasteiger partial charge in [-0.3, -0.25) is 14.2 Å². The number of aliphatic hydroxyl groups excluding tert-OH is 1. The van der Waals surface area contributed by atoms with Gasteiger partial charge >= 0.3 is 0 Å². The molecule has 8 heteroatoms. The van der Waals surface area contributed by atoms with Gasteiger partial charge in [0.1, 0.15) is 11.9 Å². The van der Waals surface area contributed by atoms with E-state index in [1.807, 2.05) is 61.3 Å². The van der Waals surface area contributed by atoms with Crippen LogP contribution in [0.15, 0.2) is 59.9 Å². The third-order valence-electron chi connectivity index (χ3n) is 5.25. The standard InChI is InChI=1S/C22H19ClN6O/c1-13-26-27-22-19(12-30)25-21(14-3-6-17(23)7-4-14)18-9-15(5-8-20(18)29(13)22)16-10-24-28(2)11-16/h3-11,19,30H,12H2,1-2H3/t19-/m0/s1. The van der Waals surface area contributed by atoms with Crippen molar-refractivity contribution in [1.82, 2.24) is 24.5 Å². The summed E-state index contributed by atoms with van der Waals surface area (Å²) in [6.45, 7) is 1.73. The predicted octanol–water partition coefficient (Wildman–Crippen LogP) is 3.51. The van der Waals surface area contributed by atoms with E-state index in [0.717, 1.165) is 39.5 Å². The van der Waals surface area contributed by atoms with Gasteiger partial charge in [0.15, 0.2) is 5.82 Å². The lowest BCUT2D eigenvalue weighted by Gasteiger charge is -2.14. The zero-order valence-electron chi connectivity index (χ0n) is 16.5. The molecule has 3 heterocycles. The van der Waals surface area contributed by atoms with Gasteiger partial charge in [-0.1, -0.05) is 29.8 Å². The summed E-state index contributed by atoms with van der Waals surface area (Å²) in [6, 6.07) is 13.2. The highest BCUT2D eigenvalue weighted by atomic mass is 35.5. The van der Waals surface area contributed by atoms with Crippen LogP contribution in [0.5, 0.6) is 0 Å². The van der Waals surface area contributed by atoms with Crippen LogP contribution in [0.1, 0.15) is 28.8 Å². The van der Waals surface area contributed by atoms with Gasteiger partial charge in [0.05, 0.1) is 24.2 Å². The number of aliphatic hydroxyl groups is 1. The van der Waals surface area contributed by atoms with E-state index >= 15 is 0 Å². The predicted molar refractivity (Wildman–Crippen MR) is 115 cm³/mol. The van der Waals surface area contributed by atoms with Crippen molar-refractivity contribution in [3.05, 3.63) is 82.7 Å². The maximum Gasteiger partial charge on any atom is 0.164 e. The minimum absolute atomic E-state index is 0.168. The lowest BCUT2D eigenvalue weighted by atomic mass is 9.96. The van der Waals surface area contributed by atoms with Crippen molar-refractivity contribution in [2.75, 3.05) is 6.61 Å². The number of aliphatic imine (C=N–C) groups is 1. The van der Waals surface area contributed by atoms with Crippen LogP contribution < -0.4 is 0 Å².